The molecule has 3 heteroatoms. The van der Waals surface area contributed by atoms with Crippen molar-refractivity contribution in [2.24, 2.45) is 4.99 Å². The van der Waals surface area contributed by atoms with Crippen molar-refractivity contribution in [3.05, 3.63) is 40.8 Å². The highest BCUT2D eigenvalue weighted by atomic mass is 79.9. The van der Waals surface area contributed by atoms with Gasteiger partial charge in [-0.25, -0.2) is 0 Å². The van der Waals surface area contributed by atoms with Crippen molar-refractivity contribution in [1.29, 1.82) is 0 Å². The second-order valence-corrected chi connectivity index (χ2v) is 4.36. The molecule has 0 spiro atoms. The van der Waals surface area contributed by atoms with Crippen molar-refractivity contribution in [3.8, 4) is 0 Å². The monoisotopic (exact) mass is 240 g/mol. The predicted molar refractivity (Wildman–Crippen MR) is 57.4 cm³/mol. The molecule has 1 radical (unpaired) electrons. The Morgan fingerprint density at radius 3 is 2.58 bits per heavy atom. The molecule has 1 nitrogen and oxygen atoms in total. The minimum atomic E-state index is 1.01. The second kappa shape index (κ2) is 3.62. The first-order valence-electron chi connectivity index (χ1n) is 3.64. The van der Waals surface area contributed by atoms with Crippen LogP contribution in [0.1, 0.15) is 5.56 Å². The third-order valence-electron chi connectivity index (χ3n) is 1.59. The van der Waals surface area contributed by atoms with Crippen LogP contribution in [0.15, 0.2) is 33.7 Å². The molecule has 0 bridgehead atoms. The number of nitrogens with zero attached hydrogens (tertiary/aromatic N) is 1. The van der Waals surface area contributed by atoms with Gasteiger partial charge in [-0.15, -0.1) is 11.8 Å². The molecule has 1 aliphatic rings. The van der Waals surface area contributed by atoms with Crippen LogP contribution < -0.4 is 0 Å². The molecule has 1 heterocycles. The standard InChI is InChI=1S/C9H7BrNS/c10-8-3-1-7(2-4-8)9-11-5-6-12-9/h1-5H,6H2. The van der Waals surface area contributed by atoms with Gasteiger partial charge in [0.2, 0.25) is 0 Å². The van der Waals surface area contributed by atoms with Gasteiger partial charge < -0.3 is 0 Å². The molecule has 0 unspecified atom stereocenters. The largest absolute Gasteiger partial charge is 0.271 e. The van der Waals surface area contributed by atoms with Crippen LogP contribution in [0, 0.1) is 6.54 Å². The average molecular weight is 241 g/mol. The van der Waals surface area contributed by atoms with Gasteiger partial charge in [0.15, 0.2) is 0 Å². The molecule has 2 rings (SSSR count). The highest BCUT2D eigenvalue weighted by molar-refractivity contribution is 9.10. The van der Waals surface area contributed by atoms with Gasteiger partial charge >= 0.3 is 0 Å². The summed E-state index contributed by atoms with van der Waals surface area (Å²) in [4.78, 5) is 4.27. The van der Waals surface area contributed by atoms with Crippen LogP contribution in [0.5, 0.6) is 0 Å². The topological polar surface area (TPSA) is 12.4 Å². The van der Waals surface area contributed by atoms with Gasteiger partial charge in [-0.3, -0.25) is 4.99 Å². The molecule has 12 heavy (non-hydrogen) atoms. The van der Waals surface area contributed by atoms with Crippen LogP contribution in [0.4, 0.5) is 0 Å². The van der Waals surface area contributed by atoms with Gasteiger partial charge in [-0.05, 0) is 12.1 Å². The summed E-state index contributed by atoms with van der Waals surface area (Å²) in [6.45, 7) is 1.95. The fraction of sp³-hybridized carbons (Fsp3) is 0.111. The number of hydrogen-bond acceptors (Lipinski definition) is 2. The Morgan fingerprint density at radius 2 is 2.00 bits per heavy atom. The van der Waals surface area contributed by atoms with E-state index in [1.807, 2.05) is 18.7 Å². The molecule has 61 valence electrons. The molecule has 0 N–H and O–H groups in total. The molecule has 0 atom stereocenters. The van der Waals surface area contributed by atoms with Crippen molar-refractivity contribution >= 4 is 32.7 Å². The number of thioether (sulfide) groups is 1. The van der Waals surface area contributed by atoms with Crippen LogP contribution >= 0.6 is 27.7 Å². The van der Waals surface area contributed by atoms with Gasteiger partial charge in [0, 0.05) is 15.8 Å². The Morgan fingerprint density at radius 1 is 1.25 bits per heavy atom. The highest BCUT2D eigenvalue weighted by Gasteiger charge is 2.08. The van der Waals surface area contributed by atoms with E-state index in [0.717, 1.165) is 15.3 Å². The zero-order valence-corrected chi connectivity index (χ0v) is 8.73. The summed E-state index contributed by atoms with van der Waals surface area (Å²) in [6, 6.07) is 8.23. The van der Waals surface area contributed by atoms with E-state index in [1.54, 1.807) is 11.8 Å². The normalized spacial score (nSPS) is 16.2. The van der Waals surface area contributed by atoms with E-state index >= 15 is 0 Å². The SMILES string of the molecule is Brc1ccc(C2=N[CH]CS2)cc1. The molecule has 0 amide bonds. The smallest absolute Gasteiger partial charge is 0.0982 e. The first-order valence-corrected chi connectivity index (χ1v) is 5.42. The van der Waals surface area contributed by atoms with Crippen molar-refractivity contribution in [3.63, 3.8) is 0 Å². The minimum Gasteiger partial charge on any atom is -0.271 e. The molecule has 0 saturated heterocycles. The first kappa shape index (κ1) is 8.32. The van der Waals surface area contributed by atoms with Crippen molar-refractivity contribution in [2.45, 2.75) is 0 Å². The lowest BCUT2D eigenvalue weighted by Crippen LogP contribution is -1.89. The Labute approximate surface area is 84.4 Å². The van der Waals surface area contributed by atoms with Crippen LogP contribution in [0.25, 0.3) is 0 Å². The second-order valence-electron chi connectivity index (χ2n) is 2.43. The van der Waals surface area contributed by atoms with E-state index in [-0.39, 0.29) is 0 Å². The molecular weight excluding hydrogens is 234 g/mol. The number of benzene rings is 1. The first-order chi connectivity index (χ1) is 5.86. The number of halogens is 1. The van der Waals surface area contributed by atoms with E-state index in [2.05, 4.69) is 33.1 Å². The zero-order chi connectivity index (χ0) is 8.39. The van der Waals surface area contributed by atoms with Gasteiger partial charge in [0.05, 0.1) is 11.6 Å². The average Bonchev–Trinajstić information content (AvgIpc) is 2.58. The molecule has 0 fully saturated rings. The molecule has 1 aliphatic heterocycles. The molecule has 0 saturated carbocycles. The molecule has 0 aromatic heterocycles. The van der Waals surface area contributed by atoms with E-state index in [4.69, 9.17) is 0 Å². The maximum Gasteiger partial charge on any atom is 0.0982 e. The molecule has 0 aliphatic carbocycles. The van der Waals surface area contributed by atoms with Crippen molar-refractivity contribution in [2.75, 3.05) is 5.75 Å². The van der Waals surface area contributed by atoms with Crippen molar-refractivity contribution < 1.29 is 0 Å². The lowest BCUT2D eigenvalue weighted by atomic mass is 10.2. The zero-order valence-electron chi connectivity index (χ0n) is 6.33. The number of hydrogen-bond donors (Lipinski definition) is 0. The summed E-state index contributed by atoms with van der Waals surface area (Å²) in [6.07, 6.45) is 0. The Bertz CT molecular complexity index is 305. The summed E-state index contributed by atoms with van der Waals surface area (Å²) in [7, 11) is 0. The van der Waals surface area contributed by atoms with E-state index in [0.29, 0.717) is 0 Å². The van der Waals surface area contributed by atoms with Gasteiger partial charge in [-0.1, -0.05) is 28.1 Å². The minimum absolute atomic E-state index is 1.01. The van der Waals surface area contributed by atoms with Crippen LogP contribution in [-0.4, -0.2) is 10.8 Å². The Kier molecular flexibility index (Phi) is 2.51. The maximum atomic E-state index is 4.27. The van der Waals surface area contributed by atoms with Gasteiger partial charge in [-0.2, -0.15) is 0 Å². The summed E-state index contributed by atoms with van der Waals surface area (Å²) in [5.41, 5.74) is 1.21. The lowest BCUT2D eigenvalue weighted by Gasteiger charge is -1.98. The van der Waals surface area contributed by atoms with Crippen LogP contribution in [0.3, 0.4) is 0 Å². The third kappa shape index (κ3) is 1.72. The van der Waals surface area contributed by atoms with Gasteiger partial charge in [0.1, 0.15) is 0 Å². The summed E-state index contributed by atoms with van der Waals surface area (Å²) in [5, 5.41) is 1.13. The summed E-state index contributed by atoms with van der Waals surface area (Å²) in [5.74, 6) is 1.01. The van der Waals surface area contributed by atoms with E-state index < -0.39 is 0 Å². The lowest BCUT2D eigenvalue weighted by molar-refractivity contribution is 1.36. The Balaban J connectivity index is 2.28. The van der Waals surface area contributed by atoms with E-state index in [9.17, 15) is 0 Å². The predicted octanol–water partition coefficient (Wildman–Crippen LogP) is 3.10. The number of aliphatic imine (C=N–C) groups is 1. The molecule has 1 aromatic rings. The quantitative estimate of drug-likeness (QED) is 0.735. The Hall–Kier alpha value is -0.280. The van der Waals surface area contributed by atoms with E-state index in [1.165, 1.54) is 5.56 Å². The number of rotatable bonds is 1. The van der Waals surface area contributed by atoms with Crippen LogP contribution in [0.2, 0.25) is 0 Å². The fourth-order valence-electron chi connectivity index (χ4n) is 1.02. The summed E-state index contributed by atoms with van der Waals surface area (Å²) < 4.78 is 1.11. The van der Waals surface area contributed by atoms with Crippen LogP contribution in [-0.2, 0) is 0 Å². The highest BCUT2D eigenvalue weighted by Crippen LogP contribution is 2.22. The fourth-order valence-corrected chi connectivity index (χ4v) is 2.05. The maximum absolute atomic E-state index is 4.27. The summed E-state index contributed by atoms with van der Waals surface area (Å²) >= 11 is 5.18. The third-order valence-corrected chi connectivity index (χ3v) is 3.05. The van der Waals surface area contributed by atoms with Gasteiger partial charge in [0.25, 0.3) is 0 Å². The van der Waals surface area contributed by atoms with Crippen molar-refractivity contribution in [1.82, 2.24) is 0 Å². The molecule has 1 aromatic carbocycles. The molecular formula is C9H7BrNS.